The Hall–Kier alpha value is -1.00. The Bertz CT molecular complexity index is 414. The standard InChI is InChI=1S/C12H16ClFN2O/c1-2-8-7-16(3-4-17-8)12-5-9(13)10(14)6-11(12)15/h5-6,8H,2-4,7,15H2,1H3. The monoisotopic (exact) mass is 258 g/mol. The zero-order chi connectivity index (χ0) is 12.4. The molecule has 1 fully saturated rings. The lowest BCUT2D eigenvalue weighted by Gasteiger charge is -2.34. The lowest BCUT2D eigenvalue weighted by molar-refractivity contribution is 0.0385. The van der Waals surface area contributed by atoms with E-state index in [-0.39, 0.29) is 11.1 Å². The first-order valence-corrected chi connectivity index (χ1v) is 6.10. The van der Waals surface area contributed by atoms with Crippen molar-refractivity contribution < 1.29 is 9.13 Å². The van der Waals surface area contributed by atoms with Crippen molar-refractivity contribution in [1.82, 2.24) is 0 Å². The number of nitrogen functional groups attached to an aromatic ring is 1. The fourth-order valence-electron chi connectivity index (χ4n) is 2.01. The number of ether oxygens (including phenoxy) is 1. The third-order valence-corrected chi connectivity index (χ3v) is 3.29. The molecule has 0 spiro atoms. The molecule has 2 rings (SSSR count). The fourth-order valence-corrected chi connectivity index (χ4v) is 2.17. The maximum absolute atomic E-state index is 13.2. The third kappa shape index (κ3) is 2.64. The Morgan fingerprint density at radius 2 is 2.35 bits per heavy atom. The first kappa shape index (κ1) is 12.5. The normalized spacial score (nSPS) is 20.6. The molecule has 0 amide bonds. The summed E-state index contributed by atoms with van der Waals surface area (Å²) in [5.41, 5.74) is 7.04. The number of morpholine rings is 1. The maximum atomic E-state index is 13.2. The van der Waals surface area contributed by atoms with Gasteiger partial charge in [0.05, 0.1) is 29.1 Å². The van der Waals surface area contributed by atoms with Crippen LogP contribution in [0.1, 0.15) is 13.3 Å². The van der Waals surface area contributed by atoms with E-state index in [0.29, 0.717) is 12.3 Å². The van der Waals surface area contributed by atoms with Gasteiger partial charge in [0.1, 0.15) is 5.82 Å². The van der Waals surface area contributed by atoms with Crippen molar-refractivity contribution >= 4 is 23.0 Å². The van der Waals surface area contributed by atoms with Crippen LogP contribution in [0.4, 0.5) is 15.8 Å². The summed E-state index contributed by atoms with van der Waals surface area (Å²) in [6.45, 7) is 4.26. The third-order valence-electron chi connectivity index (χ3n) is 3.00. The molecule has 0 aromatic heterocycles. The van der Waals surface area contributed by atoms with Crippen LogP contribution in [0.3, 0.4) is 0 Å². The van der Waals surface area contributed by atoms with Gasteiger partial charge in [-0.05, 0) is 12.5 Å². The molecular weight excluding hydrogens is 243 g/mol. The molecular formula is C12H16ClFN2O. The summed E-state index contributed by atoms with van der Waals surface area (Å²) in [5, 5.41) is 0.105. The van der Waals surface area contributed by atoms with E-state index in [1.54, 1.807) is 6.07 Å². The Kier molecular flexibility index (Phi) is 3.74. The van der Waals surface area contributed by atoms with Crippen LogP contribution in [0.2, 0.25) is 5.02 Å². The van der Waals surface area contributed by atoms with E-state index in [1.807, 2.05) is 0 Å². The predicted octanol–water partition coefficient (Wildman–Crippen LogP) is 2.68. The predicted molar refractivity (Wildman–Crippen MR) is 68.1 cm³/mol. The minimum atomic E-state index is -0.479. The Labute approximate surface area is 105 Å². The van der Waals surface area contributed by atoms with Crippen LogP contribution in [0.25, 0.3) is 0 Å². The summed E-state index contributed by atoms with van der Waals surface area (Å²) < 4.78 is 18.8. The largest absolute Gasteiger partial charge is 0.397 e. The summed E-state index contributed by atoms with van der Waals surface area (Å²) in [6.07, 6.45) is 1.15. The van der Waals surface area contributed by atoms with E-state index < -0.39 is 5.82 Å². The van der Waals surface area contributed by atoms with Gasteiger partial charge in [-0.15, -0.1) is 0 Å². The van der Waals surface area contributed by atoms with Crippen molar-refractivity contribution in [3.05, 3.63) is 23.0 Å². The first-order valence-electron chi connectivity index (χ1n) is 5.73. The molecule has 0 bridgehead atoms. The van der Waals surface area contributed by atoms with E-state index >= 15 is 0 Å². The lowest BCUT2D eigenvalue weighted by atomic mass is 10.1. The van der Waals surface area contributed by atoms with Crippen LogP contribution in [0.5, 0.6) is 0 Å². The highest BCUT2D eigenvalue weighted by atomic mass is 35.5. The van der Waals surface area contributed by atoms with Crippen molar-refractivity contribution in [3.8, 4) is 0 Å². The number of hydrogen-bond donors (Lipinski definition) is 1. The van der Waals surface area contributed by atoms with Crippen LogP contribution in [0.15, 0.2) is 12.1 Å². The van der Waals surface area contributed by atoms with Gasteiger partial charge in [0.25, 0.3) is 0 Å². The number of benzene rings is 1. The van der Waals surface area contributed by atoms with E-state index in [4.69, 9.17) is 22.1 Å². The molecule has 1 atom stereocenters. The molecule has 1 unspecified atom stereocenters. The molecule has 1 heterocycles. The van der Waals surface area contributed by atoms with Crippen molar-refractivity contribution in [2.24, 2.45) is 0 Å². The second-order valence-electron chi connectivity index (χ2n) is 4.17. The van der Waals surface area contributed by atoms with Crippen molar-refractivity contribution in [2.45, 2.75) is 19.4 Å². The first-order chi connectivity index (χ1) is 8.11. The number of rotatable bonds is 2. The highest BCUT2D eigenvalue weighted by Gasteiger charge is 2.21. The van der Waals surface area contributed by atoms with Gasteiger partial charge in [-0.1, -0.05) is 18.5 Å². The average Bonchev–Trinajstić information content (AvgIpc) is 2.34. The lowest BCUT2D eigenvalue weighted by Crippen LogP contribution is -2.42. The van der Waals surface area contributed by atoms with E-state index in [1.165, 1.54) is 6.07 Å². The maximum Gasteiger partial charge on any atom is 0.143 e. The minimum absolute atomic E-state index is 0.105. The number of nitrogens with two attached hydrogens (primary N) is 1. The second kappa shape index (κ2) is 5.10. The van der Waals surface area contributed by atoms with Gasteiger partial charge in [0.2, 0.25) is 0 Å². The molecule has 1 aromatic rings. The molecule has 2 N–H and O–H groups in total. The van der Waals surface area contributed by atoms with Crippen molar-refractivity contribution in [2.75, 3.05) is 30.3 Å². The van der Waals surface area contributed by atoms with Gasteiger partial charge in [-0.25, -0.2) is 4.39 Å². The van der Waals surface area contributed by atoms with Crippen LogP contribution in [-0.4, -0.2) is 25.8 Å². The molecule has 17 heavy (non-hydrogen) atoms. The molecule has 1 aliphatic rings. The van der Waals surface area contributed by atoms with Gasteiger partial charge in [0.15, 0.2) is 0 Å². The fraction of sp³-hybridized carbons (Fsp3) is 0.500. The molecule has 5 heteroatoms. The highest BCUT2D eigenvalue weighted by Crippen LogP contribution is 2.30. The zero-order valence-electron chi connectivity index (χ0n) is 9.75. The zero-order valence-corrected chi connectivity index (χ0v) is 10.5. The number of halogens is 2. The highest BCUT2D eigenvalue weighted by molar-refractivity contribution is 6.31. The molecule has 0 saturated carbocycles. The van der Waals surface area contributed by atoms with Gasteiger partial charge >= 0.3 is 0 Å². The van der Waals surface area contributed by atoms with Crippen LogP contribution < -0.4 is 10.6 Å². The van der Waals surface area contributed by atoms with Gasteiger partial charge in [0, 0.05) is 19.2 Å². The van der Waals surface area contributed by atoms with Gasteiger partial charge in [-0.2, -0.15) is 0 Å². The molecule has 1 aromatic carbocycles. The molecule has 0 aliphatic carbocycles. The summed E-state index contributed by atoms with van der Waals surface area (Å²) in [5.74, 6) is -0.479. The Balaban J connectivity index is 2.24. The van der Waals surface area contributed by atoms with E-state index in [0.717, 1.165) is 25.2 Å². The average molecular weight is 259 g/mol. The smallest absolute Gasteiger partial charge is 0.143 e. The number of anilines is 2. The Morgan fingerprint density at radius 1 is 1.59 bits per heavy atom. The van der Waals surface area contributed by atoms with Crippen LogP contribution >= 0.6 is 11.6 Å². The summed E-state index contributed by atoms with van der Waals surface area (Å²) >= 11 is 5.79. The molecule has 1 saturated heterocycles. The van der Waals surface area contributed by atoms with Crippen molar-refractivity contribution in [1.29, 1.82) is 0 Å². The van der Waals surface area contributed by atoms with Crippen molar-refractivity contribution in [3.63, 3.8) is 0 Å². The topological polar surface area (TPSA) is 38.5 Å². The SMILES string of the molecule is CCC1CN(c2cc(Cl)c(F)cc2N)CCO1. The summed E-state index contributed by atoms with van der Waals surface area (Å²) in [6, 6.07) is 2.86. The second-order valence-corrected chi connectivity index (χ2v) is 4.58. The number of hydrogen-bond acceptors (Lipinski definition) is 3. The van der Waals surface area contributed by atoms with Crippen LogP contribution in [-0.2, 0) is 4.74 Å². The molecule has 94 valence electrons. The van der Waals surface area contributed by atoms with Gasteiger partial charge < -0.3 is 15.4 Å². The molecule has 0 radical (unpaired) electrons. The van der Waals surface area contributed by atoms with E-state index in [2.05, 4.69) is 11.8 Å². The Morgan fingerprint density at radius 3 is 3.06 bits per heavy atom. The summed E-state index contributed by atoms with van der Waals surface area (Å²) in [4.78, 5) is 2.10. The van der Waals surface area contributed by atoms with Crippen LogP contribution in [0, 0.1) is 5.82 Å². The summed E-state index contributed by atoms with van der Waals surface area (Å²) in [7, 11) is 0. The minimum Gasteiger partial charge on any atom is -0.397 e. The van der Waals surface area contributed by atoms with E-state index in [9.17, 15) is 4.39 Å². The quantitative estimate of drug-likeness (QED) is 0.829. The number of nitrogens with zero attached hydrogens (tertiary/aromatic N) is 1. The molecule has 3 nitrogen and oxygen atoms in total. The molecule has 1 aliphatic heterocycles. The van der Waals surface area contributed by atoms with Gasteiger partial charge in [-0.3, -0.25) is 0 Å².